The van der Waals surface area contributed by atoms with Crippen LogP contribution < -0.4 is 4.90 Å². The van der Waals surface area contributed by atoms with Gasteiger partial charge in [0, 0.05) is 6.20 Å². The maximum absolute atomic E-state index is 14.2. The third-order valence-electron chi connectivity index (χ3n) is 8.16. The van der Waals surface area contributed by atoms with Gasteiger partial charge >= 0.3 is 5.97 Å². The quantitative estimate of drug-likeness (QED) is 0.253. The summed E-state index contributed by atoms with van der Waals surface area (Å²) < 4.78 is 6.28. The Hall–Kier alpha value is -4.97. The van der Waals surface area contributed by atoms with Gasteiger partial charge in [-0.1, -0.05) is 103 Å². The number of anilines is 1. The van der Waals surface area contributed by atoms with E-state index in [1.807, 2.05) is 108 Å². The lowest BCUT2D eigenvalue weighted by Gasteiger charge is -2.35. The number of carbonyl (C=O) groups is 3. The van der Waals surface area contributed by atoms with Crippen molar-refractivity contribution in [1.29, 1.82) is 0 Å². The fourth-order valence-corrected chi connectivity index (χ4v) is 6.43. The number of imide groups is 1. The summed E-state index contributed by atoms with van der Waals surface area (Å²) in [7, 11) is 0. The van der Waals surface area contributed by atoms with Gasteiger partial charge in [-0.15, -0.1) is 0 Å². The van der Waals surface area contributed by atoms with Crippen molar-refractivity contribution in [2.75, 3.05) is 4.90 Å². The van der Waals surface area contributed by atoms with Crippen molar-refractivity contribution in [3.63, 3.8) is 0 Å². The van der Waals surface area contributed by atoms with Crippen LogP contribution in [0.25, 0.3) is 6.08 Å². The monoisotopic (exact) mass is 526 g/mol. The highest BCUT2D eigenvalue weighted by Crippen LogP contribution is 2.53. The molecule has 6 nitrogen and oxygen atoms in total. The van der Waals surface area contributed by atoms with Gasteiger partial charge in [-0.2, -0.15) is 0 Å². The molecule has 0 spiro atoms. The summed E-state index contributed by atoms with van der Waals surface area (Å²) >= 11 is 0. The smallest absolute Gasteiger partial charge is 0.330 e. The van der Waals surface area contributed by atoms with Crippen LogP contribution in [0.1, 0.15) is 34.4 Å². The Bertz CT molecular complexity index is 1580. The summed E-state index contributed by atoms with van der Waals surface area (Å²) in [4.78, 5) is 45.4. The van der Waals surface area contributed by atoms with Crippen LogP contribution in [0.5, 0.6) is 0 Å². The SMILES string of the molecule is O=C(OC(c1ccccc1)c1ccccc1)[C@@H]1[C@@H]2C(=O)N(c3ccccc3)C(=O)[C@@H]2[C@H]2c3ccccc3C=CN12. The zero-order valence-electron chi connectivity index (χ0n) is 21.5. The minimum absolute atomic E-state index is 0.292. The molecule has 40 heavy (non-hydrogen) atoms. The van der Waals surface area contributed by atoms with Gasteiger partial charge < -0.3 is 9.64 Å². The molecular formula is C34H26N2O4. The van der Waals surface area contributed by atoms with Gasteiger partial charge in [0.25, 0.3) is 0 Å². The number of benzene rings is 4. The number of para-hydroxylation sites is 1. The van der Waals surface area contributed by atoms with Crippen LogP contribution in [0.3, 0.4) is 0 Å². The average molecular weight is 527 g/mol. The van der Waals surface area contributed by atoms with Crippen LogP contribution in [-0.4, -0.2) is 28.7 Å². The van der Waals surface area contributed by atoms with Crippen LogP contribution in [0, 0.1) is 11.8 Å². The van der Waals surface area contributed by atoms with Gasteiger partial charge in [0.05, 0.1) is 23.6 Å². The lowest BCUT2D eigenvalue weighted by atomic mass is 9.84. The molecule has 2 fully saturated rings. The number of hydrogen-bond acceptors (Lipinski definition) is 5. The molecule has 0 unspecified atom stereocenters. The lowest BCUT2D eigenvalue weighted by molar-refractivity contribution is -0.155. The van der Waals surface area contributed by atoms with Crippen molar-refractivity contribution in [1.82, 2.24) is 4.90 Å². The van der Waals surface area contributed by atoms with E-state index in [4.69, 9.17) is 4.74 Å². The number of hydrogen-bond donors (Lipinski definition) is 0. The summed E-state index contributed by atoms with van der Waals surface area (Å²) in [5, 5.41) is 0. The first kappa shape index (κ1) is 24.1. The molecule has 0 aromatic heterocycles. The maximum atomic E-state index is 14.2. The Kier molecular flexibility index (Phi) is 5.81. The number of carbonyl (C=O) groups excluding carboxylic acids is 3. The minimum Gasteiger partial charge on any atom is -0.451 e. The molecule has 0 N–H and O–H groups in total. The Balaban J connectivity index is 1.31. The molecule has 3 aliphatic heterocycles. The normalized spacial score (nSPS) is 22.7. The Morgan fingerprint density at radius 2 is 1.23 bits per heavy atom. The van der Waals surface area contributed by atoms with Crippen molar-refractivity contribution >= 4 is 29.5 Å². The number of rotatable bonds is 5. The van der Waals surface area contributed by atoms with E-state index in [-0.39, 0.29) is 11.8 Å². The van der Waals surface area contributed by atoms with E-state index in [9.17, 15) is 14.4 Å². The summed E-state index contributed by atoms with van der Waals surface area (Å²) in [6.45, 7) is 0. The maximum Gasteiger partial charge on any atom is 0.330 e. The molecule has 0 saturated carbocycles. The fourth-order valence-electron chi connectivity index (χ4n) is 6.43. The molecule has 7 rings (SSSR count). The number of fused-ring (bicyclic) bond motifs is 5. The van der Waals surface area contributed by atoms with Crippen molar-refractivity contribution in [2.24, 2.45) is 11.8 Å². The highest BCUT2D eigenvalue weighted by atomic mass is 16.5. The van der Waals surface area contributed by atoms with E-state index in [0.717, 1.165) is 22.3 Å². The first-order valence-electron chi connectivity index (χ1n) is 13.4. The highest BCUT2D eigenvalue weighted by Gasteiger charge is 2.65. The molecular weight excluding hydrogens is 500 g/mol. The van der Waals surface area contributed by atoms with Crippen LogP contribution in [0.15, 0.2) is 121 Å². The van der Waals surface area contributed by atoms with Crippen molar-refractivity contribution in [3.8, 4) is 0 Å². The van der Waals surface area contributed by atoms with Crippen LogP contribution >= 0.6 is 0 Å². The fraction of sp³-hybridized carbons (Fsp3) is 0.147. The molecule has 0 aliphatic carbocycles. The topological polar surface area (TPSA) is 66.9 Å². The molecule has 6 heteroatoms. The molecule has 0 bridgehead atoms. The van der Waals surface area contributed by atoms with Gasteiger partial charge in [-0.25, -0.2) is 9.69 Å². The summed E-state index contributed by atoms with van der Waals surface area (Å²) in [5.74, 6) is -2.80. The third kappa shape index (κ3) is 3.75. The van der Waals surface area contributed by atoms with E-state index >= 15 is 0 Å². The molecule has 0 radical (unpaired) electrons. The summed E-state index contributed by atoms with van der Waals surface area (Å²) in [5.41, 5.74) is 4.06. The molecule has 3 aliphatic rings. The van der Waals surface area contributed by atoms with E-state index < -0.39 is 36.0 Å². The largest absolute Gasteiger partial charge is 0.451 e. The number of nitrogens with zero attached hydrogens (tertiary/aromatic N) is 2. The lowest BCUT2D eigenvalue weighted by Crippen LogP contribution is -2.45. The van der Waals surface area contributed by atoms with Gasteiger partial charge in [-0.05, 0) is 40.5 Å². The van der Waals surface area contributed by atoms with Crippen molar-refractivity contribution in [3.05, 3.63) is 144 Å². The summed E-state index contributed by atoms with van der Waals surface area (Å²) in [6.07, 6.45) is 3.11. The predicted molar refractivity (Wildman–Crippen MR) is 151 cm³/mol. The van der Waals surface area contributed by atoms with E-state index in [0.29, 0.717) is 5.69 Å². The van der Waals surface area contributed by atoms with Gasteiger partial charge in [0.1, 0.15) is 6.04 Å². The third-order valence-corrected chi connectivity index (χ3v) is 8.16. The van der Waals surface area contributed by atoms with E-state index in [1.165, 1.54) is 4.90 Å². The number of esters is 1. The van der Waals surface area contributed by atoms with Crippen LogP contribution in [0.2, 0.25) is 0 Å². The minimum atomic E-state index is -0.959. The van der Waals surface area contributed by atoms with E-state index in [1.54, 1.807) is 24.3 Å². The molecule has 4 atom stereocenters. The van der Waals surface area contributed by atoms with Gasteiger partial charge in [0.2, 0.25) is 11.8 Å². The average Bonchev–Trinajstić information content (AvgIpc) is 3.49. The Morgan fingerprint density at radius 3 is 1.88 bits per heavy atom. The van der Waals surface area contributed by atoms with Crippen LogP contribution in [0.4, 0.5) is 5.69 Å². The zero-order chi connectivity index (χ0) is 27.2. The molecule has 2 amide bonds. The zero-order valence-corrected chi connectivity index (χ0v) is 21.5. The van der Waals surface area contributed by atoms with E-state index in [2.05, 4.69) is 0 Å². The van der Waals surface area contributed by atoms with Crippen molar-refractivity contribution < 1.29 is 19.1 Å². The van der Waals surface area contributed by atoms with Gasteiger partial charge in [-0.3, -0.25) is 9.59 Å². The molecule has 3 heterocycles. The molecule has 196 valence electrons. The van der Waals surface area contributed by atoms with Crippen molar-refractivity contribution in [2.45, 2.75) is 18.2 Å². The first-order chi connectivity index (χ1) is 19.6. The Labute approximate surface area is 232 Å². The van der Waals surface area contributed by atoms with Gasteiger partial charge in [0.15, 0.2) is 6.10 Å². The molecule has 4 aromatic rings. The highest BCUT2D eigenvalue weighted by molar-refractivity contribution is 6.23. The Morgan fingerprint density at radius 1 is 0.675 bits per heavy atom. The van der Waals surface area contributed by atoms with Crippen LogP contribution in [-0.2, 0) is 19.1 Å². The first-order valence-corrected chi connectivity index (χ1v) is 13.4. The second kappa shape index (κ2) is 9.65. The predicted octanol–water partition coefficient (Wildman–Crippen LogP) is 5.53. The number of ether oxygens (including phenoxy) is 1. The standard InChI is InChI=1S/C34H26N2O4/c37-32-27-28(33(38)36(32)25-17-8-3-9-18-25)30(35-21-20-22-12-10-11-19-26(22)29(27)35)34(39)40-31(23-13-4-1-5-14-23)24-15-6-2-7-16-24/h1-21,27-31H/t27-,28+,29+,30-/m0/s1. The summed E-state index contributed by atoms with van der Waals surface area (Å²) in [6, 6.07) is 34.5. The molecule has 2 saturated heterocycles. The second-order valence-electron chi connectivity index (χ2n) is 10.3. The second-order valence-corrected chi connectivity index (χ2v) is 10.3. The number of amides is 2. The molecule has 4 aromatic carbocycles.